The molecule has 2 saturated carbocycles. The Hall–Kier alpha value is -8.03. The molecule has 4 atom stereocenters. The van der Waals surface area contributed by atoms with Crippen molar-refractivity contribution < 1.29 is 9.47 Å². The van der Waals surface area contributed by atoms with Gasteiger partial charge in [0.15, 0.2) is 0 Å². The molecule has 0 saturated heterocycles. The van der Waals surface area contributed by atoms with Gasteiger partial charge in [0, 0.05) is 67.7 Å². The van der Waals surface area contributed by atoms with Gasteiger partial charge in [0.2, 0.25) is 0 Å². The topological polar surface area (TPSA) is 31.4 Å². The average molecular weight is 1020 g/mol. The van der Waals surface area contributed by atoms with Crippen molar-refractivity contribution in [3.05, 3.63) is 187 Å². The molecule has 0 aromatic heterocycles. The Bertz CT molecular complexity index is 4000. The number of fused-ring (bicyclic) bond motifs is 20. The van der Waals surface area contributed by atoms with Crippen molar-refractivity contribution in [3.8, 4) is 23.0 Å². The number of hydrogen-bond donors (Lipinski definition) is 0. The van der Waals surface area contributed by atoms with Crippen LogP contribution in [0.5, 0.6) is 23.0 Å². The number of ether oxygens (including phenoxy) is 2. The average Bonchev–Trinajstić information content (AvgIpc) is 3.25. The largest absolute Gasteiger partial charge is 0.459 e. The first-order chi connectivity index (χ1) is 38.7. The molecule has 0 spiro atoms. The van der Waals surface area contributed by atoms with E-state index in [1.807, 2.05) is 0 Å². The van der Waals surface area contributed by atoms with E-state index >= 15 is 0 Å². The van der Waals surface area contributed by atoms with E-state index in [1.165, 1.54) is 133 Å². The number of nitrogens with zero attached hydrogens (tertiary/aromatic N) is 4. The molecule has 0 N–H and O–H groups in total. The molecule has 79 heavy (non-hydrogen) atoms. The Morgan fingerprint density at radius 2 is 0.747 bits per heavy atom. The van der Waals surface area contributed by atoms with Crippen LogP contribution in [0.4, 0.5) is 56.9 Å². The molecule has 9 aromatic rings. The highest BCUT2D eigenvalue weighted by molar-refractivity contribution is 7.05. The van der Waals surface area contributed by atoms with Crippen LogP contribution in [-0.4, -0.2) is 31.2 Å². The predicted octanol–water partition coefficient (Wildman–Crippen LogP) is 11.1. The van der Waals surface area contributed by atoms with E-state index in [0.717, 1.165) is 58.6 Å². The summed E-state index contributed by atoms with van der Waals surface area (Å²) in [6, 6.07) is 67.1. The molecule has 9 aromatic carbocycles. The first-order valence-corrected chi connectivity index (χ1v) is 29.4. The van der Waals surface area contributed by atoms with E-state index in [2.05, 4.69) is 223 Å². The molecule has 8 aliphatic heterocycles. The van der Waals surface area contributed by atoms with Crippen LogP contribution >= 0.6 is 0 Å². The van der Waals surface area contributed by atoms with Crippen LogP contribution < -0.4 is 78.2 Å². The van der Waals surface area contributed by atoms with Crippen LogP contribution in [0, 0.1) is 0 Å². The van der Waals surface area contributed by atoms with E-state index in [4.69, 9.17) is 9.47 Å². The lowest BCUT2D eigenvalue weighted by Crippen LogP contribution is -2.67. The van der Waals surface area contributed by atoms with E-state index in [9.17, 15) is 0 Å². The third-order valence-electron chi connectivity index (χ3n) is 22.5. The Morgan fingerprint density at radius 1 is 0.342 bits per heavy atom. The zero-order valence-corrected chi connectivity index (χ0v) is 45.2. The van der Waals surface area contributed by atoms with Gasteiger partial charge in [-0.3, -0.25) is 0 Å². The number of anilines is 10. The number of hydrogen-bond acceptors (Lipinski definition) is 6. The lowest BCUT2D eigenvalue weighted by molar-refractivity contribution is 0.195. The van der Waals surface area contributed by atoms with Crippen molar-refractivity contribution in [2.75, 3.05) is 19.6 Å². The molecule has 378 valence electrons. The first kappa shape index (κ1) is 43.9. The SMILES string of the molecule is CC12CCCCC1(C)N1c3cccc4c3B(c3ccc5c(c3O4)B3c4c(cccc4N(c4ccccc4)c4ccc6c(c43)Oc3cccc4c3B6c3cccc6c3N4C3(C)CCCCC63C)N5c3ccccc3)c3cccc2c31. The summed E-state index contributed by atoms with van der Waals surface area (Å²) in [6.45, 7) is 9.93. The summed E-state index contributed by atoms with van der Waals surface area (Å²) in [5, 5.41) is 0. The number of benzene rings is 9. The van der Waals surface area contributed by atoms with E-state index in [-0.39, 0.29) is 42.0 Å². The van der Waals surface area contributed by atoms with Crippen LogP contribution in [-0.2, 0) is 10.8 Å². The molecule has 2 aliphatic carbocycles. The van der Waals surface area contributed by atoms with E-state index in [0.29, 0.717) is 0 Å². The highest BCUT2D eigenvalue weighted by Gasteiger charge is 2.64. The van der Waals surface area contributed by atoms with Crippen LogP contribution in [0.15, 0.2) is 176 Å². The van der Waals surface area contributed by atoms with Crippen molar-refractivity contribution in [2.24, 2.45) is 0 Å². The molecule has 6 nitrogen and oxygen atoms in total. The van der Waals surface area contributed by atoms with Gasteiger partial charge >= 0.3 is 0 Å². The Balaban J connectivity index is 0.907. The maximum Gasteiger partial charge on any atom is 0.261 e. The third-order valence-corrected chi connectivity index (χ3v) is 22.5. The minimum absolute atomic E-state index is 0.0199. The van der Waals surface area contributed by atoms with Crippen LogP contribution in [0.2, 0.25) is 0 Å². The monoisotopic (exact) mass is 1020 g/mol. The zero-order chi connectivity index (χ0) is 52.1. The normalized spacial score (nSPS) is 24.5. The lowest BCUT2D eigenvalue weighted by Gasteiger charge is -2.52. The highest BCUT2D eigenvalue weighted by atomic mass is 16.5. The van der Waals surface area contributed by atoms with Gasteiger partial charge in [0.1, 0.15) is 23.0 Å². The Labute approximate surface area is 463 Å². The van der Waals surface area contributed by atoms with E-state index < -0.39 is 0 Å². The molecule has 0 bridgehead atoms. The van der Waals surface area contributed by atoms with Crippen molar-refractivity contribution in [2.45, 2.75) is 101 Å². The first-order valence-electron chi connectivity index (χ1n) is 29.4. The highest BCUT2D eigenvalue weighted by Crippen LogP contribution is 2.63. The second kappa shape index (κ2) is 14.6. The van der Waals surface area contributed by atoms with Crippen molar-refractivity contribution >= 4 is 126 Å². The van der Waals surface area contributed by atoms with Gasteiger partial charge in [-0.15, -0.1) is 0 Å². The summed E-state index contributed by atoms with van der Waals surface area (Å²) in [5.74, 6) is 3.84. The standard InChI is InChI=1S/C70H57B3N4O2/c1-67-38-11-13-40-69(67,3)76-54-30-18-32-56-59(54)71(46-26-15-24-44(67)63(46)76)48-34-36-52-61(65(48)78-56)73-58-50(74(52)42-20-7-5-8-21-42)28-17-29-51(58)75(43-22-9-6-10-23-43)53-37-35-49-66(62(53)73)79-57-33-19-31-55-60(57)72(49)47-27-16-25-45-64(47)77(55)70(4)41-14-12-39-68(45,70)2/h5-10,15-37H,11-14,38-41H2,1-4H3. The van der Waals surface area contributed by atoms with Crippen LogP contribution in [0.3, 0.4) is 0 Å². The number of rotatable bonds is 2. The summed E-state index contributed by atoms with van der Waals surface area (Å²) < 4.78 is 15.7. The second-order valence-corrected chi connectivity index (χ2v) is 25.6. The van der Waals surface area contributed by atoms with Gasteiger partial charge in [-0.1, -0.05) is 143 Å². The lowest BCUT2D eigenvalue weighted by atomic mass is 9.28. The van der Waals surface area contributed by atoms with Crippen LogP contribution in [0.25, 0.3) is 0 Å². The van der Waals surface area contributed by atoms with Crippen LogP contribution in [0.1, 0.15) is 90.2 Å². The fourth-order valence-corrected chi connectivity index (χ4v) is 18.7. The van der Waals surface area contributed by atoms with Crippen molar-refractivity contribution in [1.82, 2.24) is 0 Å². The van der Waals surface area contributed by atoms with Gasteiger partial charge in [-0.2, -0.15) is 0 Å². The summed E-state index contributed by atoms with van der Waals surface area (Å²) in [7, 11) is 0. The van der Waals surface area contributed by atoms with Gasteiger partial charge in [-0.25, -0.2) is 0 Å². The van der Waals surface area contributed by atoms with Gasteiger partial charge in [-0.05, 0) is 173 Å². The summed E-state index contributed by atoms with van der Waals surface area (Å²) >= 11 is 0. The minimum atomic E-state index is -0.264. The smallest absolute Gasteiger partial charge is 0.261 e. The van der Waals surface area contributed by atoms with Crippen molar-refractivity contribution in [3.63, 3.8) is 0 Å². The Morgan fingerprint density at radius 3 is 1.22 bits per heavy atom. The molecule has 0 amide bonds. The van der Waals surface area contributed by atoms with Gasteiger partial charge in [0.25, 0.3) is 20.1 Å². The second-order valence-electron chi connectivity index (χ2n) is 25.6. The zero-order valence-electron chi connectivity index (χ0n) is 45.2. The molecule has 0 radical (unpaired) electrons. The fourth-order valence-electron chi connectivity index (χ4n) is 18.7. The van der Waals surface area contributed by atoms with Crippen molar-refractivity contribution in [1.29, 1.82) is 0 Å². The summed E-state index contributed by atoms with van der Waals surface area (Å²) in [4.78, 5) is 10.6. The van der Waals surface area contributed by atoms with Gasteiger partial charge < -0.3 is 29.1 Å². The quantitative estimate of drug-likeness (QED) is 0.160. The maximum atomic E-state index is 7.86. The molecular weight excluding hydrogens is 961 g/mol. The minimum Gasteiger partial charge on any atom is -0.459 e. The maximum absolute atomic E-state index is 7.86. The van der Waals surface area contributed by atoms with E-state index in [1.54, 1.807) is 0 Å². The molecule has 10 aliphatic rings. The summed E-state index contributed by atoms with van der Waals surface area (Å²) in [5.41, 5.74) is 26.7. The summed E-state index contributed by atoms with van der Waals surface area (Å²) in [6.07, 6.45) is 9.72. The fraction of sp³-hybridized carbons (Fsp3) is 0.229. The molecule has 9 heteroatoms. The molecule has 2 fully saturated rings. The molecule has 8 heterocycles. The van der Waals surface area contributed by atoms with Gasteiger partial charge in [0.05, 0.1) is 11.1 Å². The number of para-hydroxylation sites is 4. The predicted molar refractivity (Wildman–Crippen MR) is 328 cm³/mol. The molecular formula is C70H57B3N4O2. The Kier molecular flexibility index (Phi) is 8.12. The third kappa shape index (κ3) is 4.93. The molecule has 19 rings (SSSR count). The molecule has 4 unspecified atom stereocenters.